The molecular formula is C13H28N2O2. The molecule has 0 heterocycles. The van der Waals surface area contributed by atoms with Crippen LogP contribution in [0.5, 0.6) is 0 Å². The van der Waals surface area contributed by atoms with Gasteiger partial charge in [-0.15, -0.1) is 0 Å². The van der Waals surface area contributed by atoms with E-state index in [-0.39, 0.29) is 11.4 Å². The summed E-state index contributed by atoms with van der Waals surface area (Å²) in [6, 6.07) is 0. The summed E-state index contributed by atoms with van der Waals surface area (Å²) in [5.74, 6) is 0.0467. The van der Waals surface area contributed by atoms with Crippen LogP contribution in [0.4, 0.5) is 0 Å². The smallest absolute Gasteiger partial charge is 0.234 e. The highest BCUT2D eigenvalue weighted by Crippen LogP contribution is 2.05. The van der Waals surface area contributed by atoms with Crippen molar-refractivity contribution in [3.63, 3.8) is 0 Å². The third-order valence-electron chi connectivity index (χ3n) is 2.71. The maximum absolute atomic E-state index is 11.5. The fourth-order valence-electron chi connectivity index (χ4n) is 1.20. The summed E-state index contributed by atoms with van der Waals surface area (Å²) >= 11 is 0. The molecule has 0 aliphatic carbocycles. The molecule has 0 rings (SSSR count). The van der Waals surface area contributed by atoms with Gasteiger partial charge >= 0.3 is 0 Å². The first-order chi connectivity index (χ1) is 8.02. The van der Waals surface area contributed by atoms with Crippen molar-refractivity contribution < 1.29 is 9.53 Å². The normalized spacial score (nSPS) is 11.5. The molecule has 2 N–H and O–H groups in total. The minimum atomic E-state index is -0.115. The van der Waals surface area contributed by atoms with E-state index in [1.165, 1.54) is 0 Å². The van der Waals surface area contributed by atoms with Crippen LogP contribution in [0.25, 0.3) is 0 Å². The van der Waals surface area contributed by atoms with Crippen LogP contribution in [-0.2, 0) is 9.53 Å². The standard InChI is InChI=1S/C13H28N2O2/c1-5-7-9-17-10-8-14-11-12(16)15-13(3,4)6-2/h14H,5-11H2,1-4H3,(H,15,16). The van der Waals surface area contributed by atoms with Crippen molar-refractivity contribution >= 4 is 5.91 Å². The Labute approximate surface area is 105 Å². The second-order valence-corrected chi connectivity index (χ2v) is 4.93. The summed E-state index contributed by atoms with van der Waals surface area (Å²) in [5, 5.41) is 6.05. The zero-order valence-electron chi connectivity index (χ0n) is 11.8. The average Bonchev–Trinajstić information content (AvgIpc) is 2.27. The van der Waals surface area contributed by atoms with Gasteiger partial charge in [0.15, 0.2) is 0 Å². The monoisotopic (exact) mass is 244 g/mol. The molecular weight excluding hydrogens is 216 g/mol. The molecule has 0 aromatic heterocycles. The molecule has 17 heavy (non-hydrogen) atoms. The van der Waals surface area contributed by atoms with E-state index in [0.29, 0.717) is 13.2 Å². The zero-order valence-corrected chi connectivity index (χ0v) is 11.8. The second kappa shape index (κ2) is 9.42. The topological polar surface area (TPSA) is 50.4 Å². The van der Waals surface area contributed by atoms with Crippen LogP contribution >= 0.6 is 0 Å². The van der Waals surface area contributed by atoms with Gasteiger partial charge in [0.1, 0.15) is 0 Å². The lowest BCUT2D eigenvalue weighted by Crippen LogP contribution is -2.46. The van der Waals surface area contributed by atoms with Gasteiger partial charge in [-0.2, -0.15) is 0 Å². The van der Waals surface area contributed by atoms with E-state index in [2.05, 4.69) is 24.5 Å². The molecule has 0 spiro atoms. The lowest BCUT2D eigenvalue weighted by atomic mass is 10.0. The van der Waals surface area contributed by atoms with Crippen molar-refractivity contribution in [3.8, 4) is 0 Å². The predicted octanol–water partition coefficient (Wildman–Crippen LogP) is 1.70. The summed E-state index contributed by atoms with van der Waals surface area (Å²) < 4.78 is 5.38. The van der Waals surface area contributed by atoms with Gasteiger partial charge in [-0.3, -0.25) is 4.79 Å². The summed E-state index contributed by atoms with van der Waals surface area (Å²) in [6.45, 7) is 10.8. The number of amides is 1. The van der Waals surface area contributed by atoms with Gasteiger partial charge in [-0.05, 0) is 26.7 Å². The first kappa shape index (κ1) is 16.4. The van der Waals surface area contributed by atoms with Gasteiger partial charge in [-0.25, -0.2) is 0 Å². The maximum atomic E-state index is 11.5. The minimum Gasteiger partial charge on any atom is -0.380 e. The maximum Gasteiger partial charge on any atom is 0.234 e. The van der Waals surface area contributed by atoms with Crippen LogP contribution in [0.3, 0.4) is 0 Å². The van der Waals surface area contributed by atoms with E-state index in [1.807, 2.05) is 13.8 Å². The van der Waals surface area contributed by atoms with Crippen LogP contribution in [-0.4, -0.2) is 37.7 Å². The van der Waals surface area contributed by atoms with Crippen molar-refractivity contribution in [3.05, 3.63) is 0 Å². The Morgan fingerprint density at radius 1 is 1.24 bits per heavy atom. The van der Waals surface area contributed by atoms with Crippen molar-refractivity contribution in [2.45, 2.75) is 52.5 Å². The van der Waals surface area contributed by atoms with Gasteiger partial charge in [-0.1, -0.05) is 20.3 Å². The highest BCUT2D eigenvalue weighted by Gasteiger charge is 2.16. The number of carbonyl (C=O) groups is 1. The van der Waals surface area contributed by atoms with Gasteiger partial charge in [0.2, 0.25) is 5.91 Å². The van der Waals surface area contributed by atoms with Gasteiger partial charge in [0, 0.05) is 18.7 Å². The molecule has 0 aliphatic rings. The van der Waals surface area contributed by atoms with E-state index in [4.69, 9.17) is 4.74 Å². The van der Waals surface area contributed by atoms with Gasteiger partial charge in [0.05, 0.1) is 13.2 Å². The molecule has 0 fully saturated rings. The lowest BCUT2D eigenvalue weighted by molar-refractivity contribution is -0.121. The number of unbranched alkanes of at least 4 members (excludes halogenated alkanes) is 1. The third-order valence-corrected chi connectivity index (χ3v) is 2.71. The molecule has 0 aromatic carbocycles. The van der Waals surface area contributed by atoms with E-state index < -0.39 is 0 Å². The molecule has 4 heteroatoms. The Morgan fingerprint density at radius 2 is 1.94 bits per heavy atom. The summed E-state index contributed by atoms with van der Waals surface area (Å²) in [4.78, 5) is 11.5. The molecule has 0 aromatic rings. The Balaban J connectivity index is 3.40. The number of rotatable bonds is 10. The van der Waals surface area contributed by atoms with Crippen LogP contribution in [0, 0.1) is 0 Å². The first-order valence-electron chi connectivity index (χ1n) is 6.61. The molecule has 0 unspecified atom stereocenters. The number of ether oxygens (including phenoxy) is 1. The summed E-state index contributed by atoms with van der Waals surface area (Å²) in [7, 11) is 0. The fourth-order valence-corrected chi connectivity index (χ4v) is 1.20. The predicted molar refractivity (Wildman–Crippen MR) is 71.1 cm³/mol. The molecule has 4 nitrogen and oxygen atoms in total. The van der Waals surface area contributed by atoms with Crippen molar-refractivity contribution in [1.29, 1.82) is 0 Å². The second-order valence-electron chi connectivity index (χ2n) is 4.93. The summed E-state index contributed by atoms with van der Waals surface area (Å²) in [5.41, 5.74) is -0.115. The molecule has 0 bridgehead atoms. The van der Waals surface area contributed by atoms with Crippen molar-refractivity contribution in [2.24, 2.45) is 0 Å². The Bertz CT molecular complexity index is 206. The molecule has 0 saturated carbocycles. The fraction of sp³-hybridized carbons (Fsp3) is 0.923. The Morgan fingerprint density at radius 3 is 2.53 bits per heavy atom. The van der Waals surface area contributed by atoms with E-state index in [1.54, 1.807) is 0 Å². The molecule has 0 saturated heterocycles. The highest BCUT2D eigenvalue weighted by molar-refractivity contribution is 5.78. The first-order valence-corrected chi connectivity index (χ1v) is 6.61. The molecule has 0 radical (unpaired) electrons. The van der Waals surface area contributed by atoms with E-state index >= 15 is 0 Å². The van der Waals surface area contributed by atoms with E-state index in [0.717, 1.165) is 32.4 Å². The van der Waals surface area contributed by atoms with Crippen molar-refractivity contribution in [1.82, 2.24) is 10.6 Å². The number of hydrogen-bond donors (Lipinski definition) is 2. The SMILES string of the molecule is CCCCOCCNCC(=O)NC(C)(C)CC. The Hall–Kier alpha value is -0.610. The molecule has 0 aliphatic heterocycles. The largest absolute Gasteiger partial charge is 0.380 e. The average molecular weight is 244 g/mol. The summed E-state index contributed by atoms with van der Waals surface area (Å²) in [6.07, 6.45) is 3.19. The number of hydrogen-bond acceptors (Lipinski definition) is 3. The van der Waals surface area contributed by atoms with Gasteiger partial charge in [0.25, 0.3) is 0 Å². The Kier molecular flexibility index (Phi) is 9.09. The highest BCUT2D eigenvalue weighted by atomic mass is 16.5. The minimum absolute atomic E-state index is 0.0467. The van der Waals surface area contributed by atoms with Gasteiger partial charge < -0.3 is 15.4 Å². The van der Waals surface area contributed by atoms with Crippen LogP contribution in [0.1, 0.15) is 47.0 Å². The molecule has 1 amide bonds. The zero-order chi connectivity index (χ0) is 13.1. The van der Waals surface area contributed by atoms with E-state index in [9.17, 15) is 4.79 Å². The van der Waals surface area contributed by atoms with Crippen LogP contribution in [0.2, 0.25) is 0 Å². The van der Waals surface area contributed by atoms with Crippen LogP contribution < -0.4 is 10.6 Å². The quantitative estimate of drug-likeness (QED) is 0.575. The number of carbonyl (C=O) groups excluding carboxylic acids is 1. The third kappa shape index (κ3) is 10.3. The lowest BCUT2D eigenvalue weighted by Gasteiger charge is -2.24. The van der Waals surface area contributed by atoms with Crippen LogP contribution in [0.15, 0.2) is 0 Å². The molecule has 102 valence electrons. The van der Waals surface area contributed by atoms with Crippen molar-refractivity contribution in [2.75, 3.05) is 26.3 Å². The molecule has 0 atom stereocenters. The number of nitrogens with one attached hydrogen (secondary N) is 2.